The Morgan fingerprint density at radius 3 is 2.53 bits per heavy atom. The van der Waals surface area contributed by atoms with E-state index in [0.717, 1.165) is 9.80 Å². The summed E-state index contributed by atoms with van der Waals surface area (Å²) < 4.78 is 0. The second-order valence-electron chi connectivity index (χ2n) is 4.65. The van der Waals surface area contributed by atoms with E-state index in [9.17, 15) is 14.4 Å². The summed E-state index contributed by atoms with van der Waals surface area (Å²) in [5.41, 5.74) is -0.462. The van der Waals surface area contributed by atoms with Crippen LogP contribution in [-0.2, 0) is 9.59 Å². The maximum absolute atomic E-state index is 12.4. The van der Waals surface area contributed by atoms with Gasteiger partial charge in [0.2, 0.25) is 5.91 Å². The molecule has 0 aromatic heterocycles. The Labute approximate surface area is 114 Å². The number of rotatable bonds is 2. The van der Waals surface area contributed by atoms with E-state index < -0.39 is 23.3 Å². The number of nitrogens with one attached hydrogen (secondary N) is 1. The van der Waals surface area contributed by atoms with Crippen molar-refractivity contribution in [3.8, 4) is 0 Å². The molecule has 1 aliphatic carbocycles. The van der Waals surface area contributed by atoms with Gasteiger partial charge in [-0.1, -0.05) is 12.1 Å². The second kappa shape index (κ2) is 4.09. The van der Waals surface area contributed by atoms with Crippen molar-refractivity contribution in [3.63, 3.8) is 0 Å². The Hall–Kier alpha value is -1.82. The van der Waals surface area contributed by atoms with Gasteiger partial charge in [-0.05, 0) is 31.2 Å². The summed E-state index contributed by atoms with van der Waals surface area (Å²) in [6.45, 7) is 0. The summed E-state index contributed by atoms with van der Waals surface area (Å²) in [7, 11) is 0. The van der Waals surface area contributed by atoms with Gasteiger partial charge < -0.3 is 0 Å². The molecule has 2 aliphatic rings. The van der Waals surface area contributed by atoms with Crippen LogP contribution in [-0.4, -0.2) is 24.1 Å². The van der Waals surface area contributed by atoms with Gasteiger partial charge in [0.25, 0.3) is 5.91 Å². The third-order valence-corrected chi connectivity index (χ3v) is 4.33. The van der Waals surface area contributed by atoms with Gasteiger partial charge in [0.15, 0.2) is 0 Å². The van der Waals surface area contributed by atoms with Crippen LogP contribution in [0.4, 0.5) is 10.5 Å². The minimum absolute atomic E-state index is 0.400. The fraction of sp³-hybridized carbons (Fsp3) is 0.308. The van der Waals surface area contributed by atoms with Gasteiger partial charge in [-0.15, -0.1) is 11.8 Å². The third kappa shape index (κ3) is 1.67. The molecule has 0 bridgehead atoms. The summed E-state index contributed by atoms with van der Waals surface area (Å²) in [6, 6.07) is 6.52. The number of carbonyl (C=O) groups is 3. The van der Waals surface area contributed by atoms with Crippen LogP contribution < -0.4 is 10.2 Å². The standard InChI is InChI=1S/C13H12N2O3S/c1-19-9-5-3-2-4-8(9)15-11(17)13(6-7-13)10(16)14-12(15)18/h2-5H,6-7H2,1H3,(H,14,16,18). The number of anilines is 1. The summed E-state index contributed by atoms with van der Waals surface area (Å²) in [6.07, 6.45) is 2.91. The Morgan fingerprint density at radius 1 is 1.21 bits per heavy atom. The molecule has 1 saturated carbocycles. The quantitative estimate of drug-likeness (QED) is 0.660. The number of urea groups is 1. The minimum atomic E-state index is -1.00. The molecule has 5 nitrogen and oxygen atoms in total. The lowest BCUT2D eigenvalue weighted by molar-refractivity contribution is -0.136. The van der Waals surface area contributed by atoms with Crippen LogP contribution in [0.3, 0.4) is 0 Å². The molecule has 1 heterocycles. The van der Waals surface area contributed by atoms with Crippen molar-refractivity contribution in [1.82, 2.24) is 5.32 Å². The lowest BCUT2D eigenvalue weighted by Gasteiger charge is -2.31. The van der Waals surface area contributed by atoms with Gasteiger partial charge in [0.1, 0.15) is 5.41 Å². The minimum Gasteiger partial charge on any atom is -0.276 e. The fourth-order valence-electron chi connectivity index (χ4n) is 2.28. The molecule has 1 N–H and O–H groups in total. The molecule has 0 radical (unpaired) electrons. The number of barbiturate groups is 1. The van der Waals surface area contributed by atoms with E-state index in [2.05, 4.69) is 5.32 Å². The Morgan fingerprint density at radius 2 is 1.89 bits per heavy atom. The van der Waals surface area contributed by atoms with Crippen LogP contribution >= 0.6 is 11.8 Å². The summed E-state index contributed by atoms with van der Waals surface area (Å²) in [5.74, 6) is -0.858. The number of benzene rings is 1. The van der Waals surface area contributed by atoms with Crippen LogP contribution in [0.5, 0.6) is 0 Å². The lowest BCUT2D eigenvalue weighted by Crippen LogP contribution is -2.59. The summed E-state index contributed by atoms with van der Waals surface area (Å²) in [4.78, 5) is 38.1. The number of carbonyl (C=O) groups excluding carboxylic acids is 3. The highest BCUT2D eigenvalue weighted by Crippen LogP contribution is 2.50. The number of hydrogen-bond donors (Lipinski definition) is 1. The van der Waals surface area contributed by atoms with Crippen molar-refractivity contribution in [2.45, 2.75) is 17.7 Å². The van der Waals surface area contributed by atoms with Crippen LogP contribution in [0.25, 0.3) is 0 Å². The molecule has 98 valence electrons. The van der Waals surface area contributed by atoms with Gasteiger partial charge >= 0.3 is 6.03 Å². The molecule has 1 aromatic rings. The molecule has 3 rings (SSSR count). The zero-order valence-electron chi connectivity index (χ0n) is 10.3. The zero-order chi connectivity index (χ0) is 13.6. The van der Waals surface area contributed by atoms with Gasteiger partial charge in [-0.25, -0.2) is 9.69 Å². The second-order valence-corrected chi connectivity index (χ2v) is 5.50. The molecular weight excluding hydrogens is 264 g/mol. The van der Waals surface area contributed by atoms with E-state index in [0.29, 0.717) is 18.5 Å². The van der Waals surface area contributed by atoms with Crippen molar-refractivity contribution >= 4 is 35.3 Å². The molecule has 1 aliphatic heterocycles. The van der Waals surface area contributed by atoms with Crippen molar-refractivity contribution < 1.29 is 14.4 Å². The lowest BCUT2D eigenvalue weighted by atomic mass is 10.0. The predicted molar refractivity (Wildman–Crippen MR) is 70.9 cm³/mol. The molecule has 0 unspecified atom stereocenters. The number of nitrogens with zero attached hydrogens (tertiary/aromatic N) is 1. The van der Waals surface area contributed by atoms with E-state index in [1.165, 1.54) is 11.8 Å². The first-order valence-electron chi connectivity index (χ1n) is 5.93. The maximum Gasteiger partial charge on any atom is 0.335 e. The van der Waals surface area contributed by atoms with Crippen LogP contribution in [0, 0.1) is 5.41 Å². The van der Waals surface area contributed by atoms with E-state index in [-0.39, 0.29) is 0 Å². The van der Waals surface area contributed by atoms with E-state index in [1.54, 1.807) is 12.1 Å². The smallest absolute Gasteiger partial charge is 0.276 e. The largest absolute Gasteiger partial charge is 0.335 e. The summed E-state index contributed by atoms with van der Waals surface area (Å²) >= 11 is 1.46. The Bertz CT molecular complexity index is 595. The first-order valence-corrected chi connectivity index (χ1v) is 7.15. The maximum atomic E-state index is 12.4. The normalized spacial score (nSPS) is 20.7. The molecule has 1 saturated heterocycles. The average Bonchev–Trinajstić information content (AvgIpc) is 3.19. The van der Waals surface area contributed by atoms with Crippen LogP contribution in [0.15, 0.2) is 29.2 Å². The van der Waals surface area contributed by atoms with Gasteiger partial charge in [0, 0.05) is 4.90 Å². The van der Waals surface area contributed by atoms with E-state index in [1.807, 2.05) is 18.4 Å². The average molecular weight is 276 g/mol. The molecule has 0 atom stereocenters. The van der Waals surface area contributed by atoms with E-state index >= 15 is 0 Å². The highest BCUT2D eigenvalue weighted by Gasteiger charge is 2.62. The van der Waals surface area contributed by atoms with Gasteiger partial charge in [0.05, 0.1) is 5.69 Å². The molecule has 1 spiro atoms. The van der Waals surface area contributed by atoms with Crippen LogP contribution in [0.1, 0.15) is 12.8 Å². The molecule has 6 heteroatoms. The number of hydrogen-bond acceptors (Lipinski definition) is 4. The molecule has 4 amide bonds. The number of para-hydroxylation sites is 1. The Kier molecular flexibility index (Phi) is 2.63. The number of amides is 4. The van der Waals surface area contributed by atoms with Crippen molar-refractivity contribution in [2.24, 2.45) is 5.41 Å². The highest BCUT2D eigenvalue weighted by atomic mass is 32.2. The predicted octanol–water partition coefficient (Wildman–Crippen LogP) is 1.77. The SMILES string of the molecule is CSc1ccccc1N1C(=O)NC(=O)C2(CC2)C1=O. The van der Waals surface area contributed by atoms with Crippen molar-refractivity contribution in [2.75, 3.05) is 11.2 Å². The highest BCUT2D eigenvalue weighted by molar-refractivity contribution is 7.98. The number of thioether (sulfide) groups is 1. The third-order valence-electron chi connectivity index (χ3n) is 3.55. The Balaban J connectivity index is 2.06. The van der Waals surface area contributed by atoms with Crippen LogP contribution in [0.2, 0.25) is 0 Å². The molecular formula is C13H12N2O3S. The van der Waals surface area contributed by atoms with Gasteiger partial charge in [-0.3, -0.25) is 14.9 Å². The number of imide groups is 2. The summed E-state index contributed by atoms with van der Waals surface area (Å²) in [5, 5.41) is 2.28. The molecule has 2 fully saturated rings. The first-order chi connectivity index (χ1) is 9.10. The zero-order valence-corrected chi connectivity index (χ0v) is 11.1. The fourth-order valence-corrected chi connectivity index (χ4v) is 2.86. The topological polar surface area (TPSA) is 66.5 Å². The van der Waals surface area contributed by atoms with Crippen molar-refractivity contribution in [1.29, 1.82) is 0 Å². The first kappa shape index (κ1) is 12.2. The van der Waals surface area contributed by atoms with Crippen molar-refractivity contribution in [3.05, 3.63) is 24.3 Å². The molecule has 1 aromatic carbocycles. The monoisotopic (exact) mass is 276 g/mol. The van der Waals surface area contributed by atoms with Gasteiger partial charge in [-0.2, -0.15) is 0 Å². The van der Waals surface area contributed by atoms with E-state index in [4.69, 9.17) is 0 Å². The molecule has 19 heavy (non-hydrogen) atoms.